The number of rotatable bonds is 7. The minimum Gasteiger partial charge on any atom is -0.491 e. The Labute approximate surface area is 183 Å². The summed E-state index contributed by atoms with van der Waals surface area (Å²) in [5.74, 6) is 1.05. The van der Waals surface area contributed by atoms with Crippen molar-refractivity contribution in [3.8, 4) is 5.75 Å². The Hall–Kier alpha value is -1.75. The van der Waals surface area contributed by atoms with Gasteiger partial charge < -0.3 is 10.1 Å². The van der Waals surface area contributed by atoms with E-state index >= 15 is 0 Å². The Morgan fingerprint density at radius 2 is 1.76 bits per heavy atom. The normalized spacial score (nSPS) is 15.3. The van der Waals surface area contributed by atoms with E-state index in [1.54, 1.807) is 0 Å². The number of carbonyl (C=O) groups excluding carboxylic acids is 1. The Balaban J connectivity index is 1.39. The molecule has 4 nitrogen and oxygen atoms in total. The van der Waals surface area contributed by atoms with Crippen molar-refractivity contribution in [1.29, 1.82) is 0 Å². The summed E-state index contributed by atoms with van der Waals surface area (Å²) in [6.07, 6.45) is 1.68. The van der Waals surface area contributed by atoms with Gasteiger partial charge in [0.1, 0.15) is 12.4 Å². The van der Waals surface area contributed by atoms with Gasteiger partial charge in [-0.3, -0.25) is 9.69 Å². The highest BCUT2D eigenvalue weighted by molar-refractivity contribution is 6.35. The molecular weight excluding hydrogens is 407 g/mol. The molecule has 3 rings (SSSR count). The predicted octanol–water partition coefficient (Wildman–Crippen LogP) is 5.02. The zero-order valence-corrected chi connectivity index (χ0v) is 18.5. The first-order valence-corrected chi connectivity index (χ1v) is 10.8. The first-order chi connectivity index (χ1) is 14.0. The maximum Gasteiger partial charge on any atom is 0.223 e. The topological polar surface area (TPSA) is 41.6 Å². The standard InChI is InChI=1S/C23H28Cl2N2O2/c1-16-5-3-8-22(17(16)2)29-14-11-26-23(28)18-9-12-27(13-10-18)15-19-20(24)6-4-7-21(19)25/h3-8,18H,9-15H2,1-2H3,(H,26,28). The molecule has 1 aliphatic rings. The number of benzene rings is 2. The molecule has 0 saturated carbocycles. The second-order valence-electron chi connectivity index (χ2n) is 7.59. The van der Waals surface area contributed by atoms with Crippen molar-refractivity contribution in [2.75, 3.05) is 26.2 Å². The molecule has 156 valence electrons. The number of ether oxygens (including phenoxy) is 1. The van der Waals surface area contributed by atoms with Crippen molar-refractivity contribution in [2.45, 2.75) is 33.2 Å². The average Bonchev–Trinajstić information content (AvgIpc) is 2.71. The Morgan fingerprint density at radius 3 is 2.45 bits per heavy atom. The van der Waals surface area contributed by atoms with Gasteiger partial charge in [0.2, 0.25) is 5.91 Å². The molecule has 0 bridgehead atoms. The van der Waals surface area contributed by atoms with E-state index in [-0.39, 0.29) is 11.8 Å². The van der Waals surface area contributed by atoms with Crippen LogP contribution < -0.4 is 10.1 Å². The number of likely N-dealkylation sites (tertiary alicyclic amines) is 1. The molecule has 1 amide bonds. The first kappa shape index (κ1) is 21.9. The molecule has 0 aromatic heterocycles. The lowest BCUT2D eigenvalue weighted by molar-refractivity contribution is -0.126. The van der Waals surface area contributed by atoms with Crippen molar-refractivity contribution in [2.24, 2.45) is 5.92 Å². The summed E-state index contributed by atoms with van der Waals surface area (Å²) in [6.45, 7) is 7.54. The molecule has 29 heavy (non-hydrogen) atoms. The lowest BCUT2D eigenvalue weighted by atomic mass is 9.95. The molecule has 0 unspecified atom stereocenters. The van der Waals surface area contributed by atoms with E-state index in [2.05, 4.69) is 23.2 Å². The van der Waals surface area contributed by atoms with Gasteiger partial charge >= 0.3 is 0 Å². The first-order valence-electron chi connectivity index (χ1n) is 10.1. The summed E-state index contributed by atoms with van der Waals surface area (Å²) in [5, 5.41) is 4.41. The van der Waals surface area contributed by atoms with Crippen LogP contribution >= 0.6 is 23.2 Å². The summed E-state index contributed by atoms with van der Waals surface area (Å²) in [4.78, 5) is 14.8. The second-order valence-corrected chi connectivity index (χ2v) is 8.40. The van der Waals surface area contributed by atoms with Crippen molar-refractivity contribution in [3.63, 3.8) is 0 Å². The Morgan fingerprint density at radius 1 is 1.10 bits per heavy atom. The second kappa shape index (κ2) is 10.3. The minimum absolute atomic E-state index is 0.0497. The summed E-state index contributed by atoms with van der Waals surface area (Å²) >= 11 is 12.5. The SMILES string of the molecule is Cc1cccc(OCCNC(=O)C2CCN(Cc3c(Cl)cccc3Cl)CC2)c1C. The zero-order chi connectivity index (χ0) is 20.8. The number of hydrogen-bond donors (Lipinski definition) is 1. The summed E-state index contributed by atoms with van der Waals surface area (Å²) in [7, 11) is 0. The van der Waals surface area contributed by atoms with Gasteiger partial charge in [-0.25, -0.2) is 0 Å². The maximum absolute atomic E-state index is 12.5. The molecular formula is C23H28Cl2N2O2. The summed E-state index contributed by atoms with van der Waals surface area (Å²) in [6, 6.07) is 11.6. The van der Waals surface area contributed by atoms with Crippen LogP contribution in [0.25, 0.3) is 0 Å². The average molecular weight is 435 g/mol. The number of halogens is 2. The quantitative estimate of drug-likeness (QED) is 0.622. The third kappa shape index (κ3) is 5.88. The van der Waals surface area contributed by atoms with Crippen LogP contribution in [0.3, 0.4) is 0 Å². The highest BCUT2D eigenvalue weighted by Crippen LogP contribution is 2.27. The number of aryl methyl sites for hydroxylation is 1. The Bertz CT molecular complexity index is 829. The minimum atomic E-state index is 0.0497. The van der Waals surface area contributed by atoms with Crippen molar-refractivity contribution in [1.82, 2.24) is 10.2 Å². The van der Waals surface area contributed by atoms with Gasteiger partial charge in [0.25, 0.3) is 0 Å². The third-order valence-electron chi connectivity index (χ3n) is 5.62. The van der Waals surface area contributed by atoms with Gasteiger partial charge in [0.05, 0.1) is 6.54 Å². The van der Waals surface area contributed by atoms with Crippen molar-refractivity contribution in [3.05, 3.63) is 63.1 Å². The fourth-order valence-electron chi connectivity index (χ4n) is 3.62. The van der Waals surface area contributed by atoms with Gasteiger partial charge in [-0.15, -0.1) is 0 Å². The molecule has 1 saturated heterocycles. The molecule has 0 spiro atoms. The highest BCUT2D eigenvalue weighted by atomic mass is 35.5. The van der Waals surface area contributed by atoms with Gasteiger partial charge in [-0.05, 0) is 69.1 Å². The fraction of sp³-hybridized carbons (Fsp3) is 0.435. The van der Waals surface area contributed by atoms with Crippen LogP contribution in [0.2, 0.25) is 10.0 Å². The summed E-state index contributed by atoms with van der Waals surface area (Å²) in [5.41, 5.74) is 3.31. The zero-order valence-electron chi connectivity index (χ0n) is 17.0. The summed E-state index contributed by atoms with van der Waals surface area (Å²) < 4.78 is 5.81. The van der Waals surface area contributed by atoms with E-state index in [0.29, 0.717) is 23.2 Å². The molecule has 0 radical (unpaired) electrons. The van der Waals surface area contributed by atoms with Gasteiger partial charge in [0.15, 0.2) is 0 Å². The van der Waals surface area contributed by atoms with Crippen LogP contribution in [0.4, 0.5) is 0 Å². The number of carbonyl (C=O) groups is 1. The molecule has 0 aliphatic carbocycles. The molecule has 1 heterocycles. The van der Waals surface area contributed by atoms with Crippen LogP contribution in [0.15, 0.2) is 36.4 Å². The van der Waals surface area contributed by atoms with E-state index in [1.165, 1.54) is 5.56 Å². The van der Waals surface area contributed by atoms with Crippen LogP contribution in [-0.2, 0) is 11.3 Å². The molecule has 1 N–H and O–H groups in total. The van der Waals surface area contributed by atoms with Crippen LogP contribution in [0, 0.1) is 19.8 Å². The van der Waals surface area contributed by atoms with E-state index in [0.717, 1.165) is 49.4 Å². The van der Waals surface area contributed by atoms with Crippen LogP contribution in [0.1, 0.15) is 29.5 Å². The molecule has 2 aromatic rings. The van der Waals surface area contributed by atoms with Crippen LogP contribution in [-0.4, -0.2) is 37.0 Å². The third-order valence-corrected chi connectivity index (χ3v) is 6.32. The number of piperidine rings is 1. The lowest BCUT2D eigenvalue weighted by Gasteiger charge is -2.31. The highest BCUT2D eigenvalue weighted by Gasteiger charge is 2.25. The van der Waals surface area contributed by atoms with Crippen molar-refractivity contribution < 1.29 is 9.53 Å². The lowest BCUT2D eigenvalue weighted by Crippen LogP contribution is -2.41. The van der Waals surface area contributed by atoms with E-state index in [9.17, 15) is 4.79 Å². The monoisotopic (exact) mass is 434 g/mol. The van der Waals surface area contributed by atoms with Gasteiger partial charge in [-0.1, -0.05) is 41.4 Å². The largest absolute Gasteiger partial charge is 0.491 e. The number of nitrogens with one attached hydrogen (secondary N) is 1. The molecule has 0 atom stereocenters. The maximum atomic E-state index is 12.5. The number of hydrogen-bond acceptors (Lipinski definition) is 3. The number of nitrogens with zero attached hydrogens (tertiary/aromatic N) is 1. The van der Waals surface area contributed by atoms with Gasteiger partial charge in [-0.2, -0.15) is 0 Å². The molecule has 1 fully saturated rings. The fourth-order valence-corrected chi connectivity index (χ4v) is 4.14. The molecule has 6 heteroatoms. The van der Waals surface area contributed by atoms with E-state index < -0.39 is 0 Å². The van der Waals surface area contributed by atoms with Crippen LogP contribution in [0.5, 0.6) is 5.75 Å². The molecule has 2 aromatic carbocycles. The van der Waals surface area contributed by atoms with E-state index in [4.69, 9.17) is 27.9 Å². The predicted molar refractivity (Wildman–Crippen MR) is 119 cm³/mol. The van der Waals surface area contributed by atoms with Crippen molar-refractivity contribution >= 4 is 29.1 Å². The smallest absolute Gasteiger partial charge is 0.223 e. The number of amides is 1. The molecule has 1 aliphatic heterocycles. The van der Waals surface area contributed by atoms with E-state index in [1.807, 2.05) is 37.3 Å². The Kier molecular flexibility index (Phi) is 7.82. The van der Waals surface area contributed by atoms with Gasteiger partial charge in [0, 0.05) is 28.1 Å².